The lowest BCUT2D eigenvalue weighted by atomic mass is 9.98. The molecule has 5 rings (SSSR count). The van der Waals surface area contributed by atoms with Gasteiger partial charge in [-0.2, -0.15) is 0 Å². The van der Waals surface area contributed by atoms with Gasteiger partial charge in [0.05, 0.1) is 21.9 Å². The van der Waals surface area contributed by atoms with Crippen molar-refractivity contribution in [2.24, 2.45) is 0 Å². The Morgan fingerprint density at radius 3 is 2.50 bits per heavy atom. The lowest BCUT2D eigenvalue weighted by molar-refractivity contribution is -0.384. The minimum absolute atomic E-state index is 0.0597. The van der Waals surface area contributed by atoms with E-state index in [-0.39, 0.29) is 22.4 Å². The monoisotopic (exact) mass is 491 g/mol. The van der Waals surface area contributed by atoms with Crippen LogP contribution in [0.3, 0.4) is 0 Å². The van der Waals surface area contributed by atoms with Crippen LogP contribution in [0.25, 0.3) is 11.0 Å². The quantitative estimate of drug-likeness (QED) is 0.297. The van der Waals surface area contributed by atoms with Crippen LogP contribution in [0.2, 0.25) is 0 Å². The minimum atomic E-state index is -0.840. The van der Waals surface area contributed by atoms with Crippen LogP contribution < -0.4 is 10.3 Å². The number of anilines is 1. The highest BCUT2D eigenvalue weighted by molar-refractivity contribution is 9.10. The number of nitrogens with zero attached hydrogens (tertiary/aromatic N) is 3. The molecular weight excluding hydrogens is 478 g/mol. The fraction of sp³-hybridized carbons (Fsp3) is 0.0870. The first-order valence-corrected chi connectivity index (χ1v) is 10.4. The Kier molecular flexibility index (Phi) is 4.63. The summed E-state index contributed by atoms with van der Waals surface area (Å²) in [7, 11) is 0. The first-order chi connectivity index (χ1) is 15.3. The highest BCUT2D eigenvalue weighted by Crippen LogP contribution is 2.41. The molecule has 9 heteroatoms. The van der Waals surface area contributed by atoms with E-state index in [1.54, 1.807) is 30.5 Å². The predicted molar refractivity (Wildman–Crippen MR) is 121 cm³/mol. The van der Waals surface area contributed by atoms with Gasteiger partial charge in [-0.15, -0.1) is 0 Å². The van der Waals surface area contributed by atoms with Crippen LogP contribution in [-0.4, -0.2) is 15.8 Å². The largest absolute Gasteiger partial charge is 0.450 e. The third-order valence-electron chi connectivity index (χ3n) is 5.39. The summed E-state index contributed by atoms with van der Waals surface area (Å²) in [6, 6.07) is 13.4. The summed E-state index contributed by atoms with van der Waals surface area (Å²) in [6.07, 6.45) is 1.63. The number of non-ortho nitro benzene ring substituents is 1. The second-order valence-electron chi connectivity index (χ2n) is 7.43. The van der Waals surface area contributed by atoms with Crippen LogP contribution in [0, 0.1) is 17.0 Å². The zero-order valence-corrected chi connectivity index (χ0v) is 18.2. The van der Waals surface area contributed by atoms with E-state index in [9.17, 15) is 19.7 Å². The summed E-state index contributed by atoms with van der Waals surface area (Å²) >= 11 is 3.36. The van der Waals surface area contributed by atoms with Crippen molar-refractivity contribution >= 4 is 44.3 Å². The number of rotatable bonds is 3. The van der Waals surface area contributed by atoms with E-state index in [2.05, 4.69) is 20.9 Å². The number of nitro groups is 1. The summed E-state index contributed by atoms with van der Waals surface area (Å²) in [5, 5.41) is 11.4. The Morgan fingerprint density at radius 2 is 1.84 bits per heavy atom. The zero-order valence-electron chi connectivity index (χ0n) is 16.6. The van der Waals surface area contributed by atoms with Crippen LogP contribution in [0.5, 0.6) is 0 Å². The molecule has 2 aromatic carbocycles. The molecule has 0 N–H and O–H groups in total. The molecule has 0 spiro atoms. The molecule has 4 aromatic rings. The molecule has 0 saturated carbocycles. The lowest BCUT2D eigenvalue weighted by Gasteiger charge is -2.24. The Hall–Kier alpha value is -3.85. The number of carbonyl (C=O) groups excluding carboxylic acids is 1. The first-order valence-electron chi connectivity index (χ1n) is 9.62. The molecular formula is C23H14BrN3O5. The third-order valence-corrected chi connectivity index (χ3v) is 5.89. The SMILES string of the molecule is Cc1ccc(N2C(=O)c3oc4ccc(Br)cc4c(=O)c3C2c2ccc([N+](=O)[O-])cc2)nc1. The van der Waals surface area contributed by atoms with Gasteiger partial charge in [0.25, 0.3) is 11.6 Å². The second-order valence-corrected chi connectivity index (χ2v) is 8.35. The van der Waals surface area contributed by atoms with E-state index in [4.69, 9.17) is 4.42 Å². The van der Waals surface area contributed by atoms with E-state index >= 15 is 0 Å². The molecule has 1 unspecified atom stereocenters. The van der Waals surface area contributed by atoms with Gasteiger partial charge in [-0.05, 0) is 54.4 Å². The van der Waals surface area contributed by atoms with Gasteiger partial charge in [-0.3, -0.25) is 24.6 Å². The van der Waals surface area contributed by atoms with Crippen molar-refractivity contribution in [1.29, 1.82) is 0 Å². The second kappa shape index (κ2) is 7.38. The van der Waals surface area contributed by atoms with Gasteiger partial charge < -0.3 is 4.42 Å². The maximum absolute atomic E-state index is 13.5. The van der Waals surface area contributed by atoms with Crippen LogP contribution in [0.4, 0.5) is 11.5 Å². The number of pyridine rings is 1. The molecule has 158 valence electrons. The van der Waals surface area contributed by atoms with Gasteiger partial charge in [0, 0.05) is 22.8 Å². The number of nitro benzene ring substituents is 1. The van der Waals surface area contributed by atoms with Crippen molar-refractivity contribution in [1.82, 2.24) is 4.98 Å². The standard InChI is InChI=1S/C23H14BrN3O5/c1-12-2-9-18(25-11-12)26-20(13-3-6-15(7-4-13)27(30)31)19-21(28)16-10-14(24)5-8-17(16)32-22(19)23(26)29/h2-11,20H,1H3. The number of amides is 1. The first kappa shape index (κ1) is 20.1. The molecule has 0 aliphatic carbocycles. The molecule has 32 heavy (non-hydrogen) atoms. The molecule has 1 aliphatic heterocycles. The number of aryl methyl sites for hydroxylation is 1. The molecule has 3 heterocycles. The van der Waals surface area contributed by atoms with E-state index < -0.39 is 16.9 Å². The lowest BCUT2D eigenvalue weighted by Crippen LogP contribution is -2.30. The van der Waals surface area contributed by atoms with Crippen molar-refractivity contribution in [2.45, 2.75) is 13.0 Å². The minimum Gasteiger partial charge on any atom is -0.450 e. The summed E-state index contributed by atoms with van der Waals surface area (Å²) < 4.78 is 6.59. The molecule has 2 aromatic heterocycles. The van der Waals surface area contributed by atoms with Crippen molar-refractivity contribution in [2.75, 3.05) is 4.90 Å². The highest BCUT2D eigenvalue weighted by atomic mass is 79.9. The summed E-state index contributed by atoms with van der Waals surface area (Å²) in [4.78, 5) is 43.3. The van der Waals surface area contributed by atoms with Crippen molar-refractivity contribution < 1.29 is 14.1 Å². The molecule has 0 fully saturated rings. The smallest absolute Gasteiger partial charge is 0.296 e. The van der Waals surface area contributed by atoms with Gasteiger partial charge in [-0.25, -0.2) is 4.98 Å². The maximum Gasteiger partial charge on any atom is 0.296 e. The Morgan fingerprint density at radius 1 is 1.09 bits per heavy atom. The van der Waals surface area contributed by atoms with Crippen LogP contribution in [0.1, 0.15) is 33.3 Å². The normalized spacial score (nSPS) is 15.2. The molecule has 1 amide bonds. The topological polar surface area (TPSA) is 107 Å². The van der Waals surface area contributed by atoms with E-state index in [1.165, 1.54) is 29.2 Å². The molecule has 0 bridgehead atoms. The van der Waals surface area contributed by atoms with Gasteiger partial charge in [0.15, 0.2) is 5.43 Å². The maximum atomic E-state index is 13.5. The van der Waals surface area contributed by atoms with Crippen molar-refractivity contribution in [3.05, 3.63) is 108 Å². The number of hydrogen-bond donors (Lipinski definition) is 0. The van der Waals surface area contributed by atoms with Crippen LogP contribution in [-0.2, 0) is 0 Å². The fourth-order valence-corrected chi connectivity index (χ4v) is 4.24. The van der Waals surface area contributed by atoms with Gasteiger partial charge in [0.2, 0.25) is 5.76 Å². The van der Waals surface area contributed by atoms with Crippen molar-refractivity contribution in [3.8, 4) is 0 Å². The van der Waals surface area contributed by atoms with Crippen molar-refractivity contribution in [3.63, 3.8) is 0 Å². The van der Waals surface area contributed by atoms with E-state index in [1.807, 2.05) is 13.0 Å². The van der Waals surface area contributed by atoms with Crippen LogP contribution >= 0.6 is 15.9 Å². The number of fused-ring (bicyclic) bond motifs is 2. The molecule has 0 radical (unpaired) electrons. The van der Waals surface area contributed by atoms with Crippen LogP contribution in [0.15, 0.2) is 74.5 Å². The summed E-state index contributed by atoms with van der Waals surface area (Å²) in [6.45, 7) is 1.88. The molecule has 1 aliphatic rings. The van der Waals surface area contributed by atoms with Gasteiger partial charge >= 0.3 is 0 Å². The summed E-state index contributed by atoms with van der Waals surface area (Å²) in [5.74, 6) is -0.211. The molecule has 1 atom stereocenters. The summed E-state index contributed by atoms with van der Waals surface area (Å²) in [5.41, 5.74) is 1.49. The number of carbonyl (C=O) groups is 1. The Balaban J connectivity index is 1.78. The Labute approximate surface area is 189 Å². The Bertz CT molecular complexity index is 1460. The zero-order chi connectivity index (χ0) is 22.6. The van der Waals surface area contributed by atoms with E-state index in [0.717, 1.165) is 5.56 Å². The highest BCUT2D eigenvalue weighted by Gasteiger charge is 2.44. The van der Waals surface area contributed by atoms with Gasteiger partial charge in [-0.1, -0.05) is 22.0 Å². The number of benzene rings is 2. The average Bonchev–Trinajstić information content (AvgIpc) is 3.07. The average molecular weight is 492 g/mol. The van der Waals surface area contributed by atoms with E-state index in [0.29, 0.717) is 26.8 Å². The predicted octanol–water partition coefficient (Wildman–Crippen LogP) is 4.92. The molecule has 0 saturated heterocycles. The number of halogens is 1. The molecule has 8 nitrogen and oxygen atoms in total. The number of hydrogen-bond acceptors (Lipinski definition) is 6. The fourth-order valence-electron chi connectivity index (χ4n) is 3.88. The number of aromatic nitrogens is 1. The van der Waals surface area contributed by atoms with Gasteiger partial charge in [0.1, 0.15) is 11.4 Å². The third kappa shape index (κ3) is 3.09.